The summed E-state index contributed by atoms with van der Waals surface area (Å²) in [5.41, 5.74) is 0.929. The van der Waals surface area contributed by atoms with E-state index in [0.717, 1.165) is 5.56 Å². The van der Waals surface area contributed by atoms with Gasteiger partial charge in [0.15, 0.2) is 29.0 Å². The van der Waals surface area contributed by atoms with Crippen molar-refractivity contribution in [2.24, 2.45) is 0 Å². The molecule has 186 valence electrons. The Balaban J connectivity index is 1.87. The van der Waals surface area contributed by atoms with Crippen molar-refractivity contribution in [3.05, 3.63) is 35.9 Å². The number of carbonyl (C=O) groups excluding carboxylic acids is 1. The molecule has 2 heterocycles. The van der Waals surface area contributed by atoms with Crippen molar-refractivity contribution in [1.29, 1.82) is 0 Å². The number of rotatable bonds is 7. The molecule has 0 aliphatic carbocycles. The Labute approximate surface area is 201 Å². The summed E-state index contributed by atoms with van der Waals surface area (Å²) in [5, 5.41) is -0.0190. The van der Waals surface area contributed by atoms with E-state index in [2.05, 4.69) is 67.7 Å². The van der Waals surface area contributed by atoms with Crippen molar-refractivity contribution in [1.82, 2.24) is 0 Å². The molecule has 6 nitrogen and oxygen atoms in total. The first-order valence-electron chi connectivity index (χ1n) is 11.9. The number of ether oxygens (including phenoxy) is 3. The van der Waals surface area contributed by atoms with Crippen molar-refractivity contribution < 1.29 is 27.9 Å². The van der Waals surface area contributed by atoms with Crippen molar-refractivity contribution >= 4 is 22.6 Å². The summed E-state index contributed by atoms with van der Waals surface area (Å²) < 4.78 is 31.2. The van der Waals surface area contributed by atoms with Crippen LogP contribution in [-0.2, 0) is 34.5 Å². The van der Waals surface area contributed by atoms with Crippen LogP contribution in [0.25, 0.3) is 0 Å². The van der Waals surface area contributed by atoms with E-state index in [1.165, 1.54) is 0 Å². The second kappa shape index (κ2) is 9.20. The van der Waals surface area contributed by atoms with E-state index in [9.17, 15) is 4.79 Å². The zero-order valence-electron chi connectivity index (χ0n) is 21.9. The first kappa shape index (κ1) is 26.6. The van der Waals surface area contributed by atoms with Gasteiger partial charge in [-0.25, -0.2) is 4.79 Å². The maximum atomic E-state index is 13.3. The van der Waals surface area contributed by atoms with Gasteiger partial charge in [0.05, 0.1) is 0 Å². The molecule has 5 atom stereocenters. The predicted octanol–water partition coefficient (Wildman–Crippen LogP) is 5.63. The molecule has 0 radical (unpaired) electrons. The quantitative estimate of drug-likeness (QED) is 0.278. The largest absolute Gasteiger partial charge is 0.459 e. The number of esters is 1. The number of benzene rings is 1. The lowest BCUT2D eigenvalue weighted by Gasteiger charge is -2.47. The van der Waals surface area contributed by atoms with Gasteiger partial charge in [0.25, 0.3) is 0 Å². The Morgan fingerprint density at radius 2 is 1.36 bits per heavy atom. The number of fused-ring (bicyclic) bond motifs is 1. The molecule has 33 heavy (non-hydrogen) atoms. The highest BCUT2D eigenvalue weighted by atomic mass is 28.4. The molecule has 0 saturated carbocycles. The van der Waals surface area contributed by atoms with Crippen molar-refractivity contribution in [2.45, 2.75) is 115 Å². The Morgan fingerprint density at radius 3 is 1.88 bits per heavy atom. The summed E-state index contributed by atoms with van der Waals surface area (Å²) in [6.07, 6.45) is -2.50. The SMILES string of the molecule is CC(C)(C)[Si](C)(C)OC1C(C(=O)OCc2ccccc2)OC2OC2C1O[Si](C)(C)C(C)(C)C. The number of carbonyl (C=O) groups is 1. The molecule has 1 aromatic rings. The van der Waals surface area contributed by atoms with Gasteiger partial charge in [0.2, 0.25) is 0 Å². The van der Waals surface area contributed by atoms with Gasteiger partial charge in [-0.1, -0.05) is 71.9 Å². The second-order valence-electron chi connectivity index (χ2n) is 12.3. The van der Waals surface area contributed by atoms with E-state index in [0.29, 0.717) is 0 Å². The fourth-order valence-electron chi connectivity index (χ4n) is 3.33. The summed E-state index contributed by atoms with van der Waals surface area (Å²) in [6.45, 7) is 22.2. The molecule has 0 N–H and O–H groups in total. The fraction of sp³-hybridized carbons (Fsp3) is 0.720. The van der Waals surface area contributed by atoms with Crippen LogP contribution in [-0.4, -0.2) is 53.3 Å². The summed E-state index contributed by atoms with van der Waals surface area (Å²) in [7, 11) is -4.41. The monoisotopic (exact) mass is 494 g/mol. The minimum atomic E-state index is -2.25. The Kier molecular flexibility index (Phi) is 7.41. The molecule has 0 spiro atoms. The van der Waals surface area contributed by atoms with Gasteiger partial charge in [-0.05, 0) is 41.8 Å². The normalized spacial score (nSPS) is 28.2. The van der Waals surface area contributed by atoms with Crippen molar-refractivity contribution in [3.63, 3.8) is 0 Å². The van der Waals surface area contributed by atoms with E-state index in [4.69, 9.17) is 23.1 Å². The van der Waals surface area contributed by atoms with Gasteiger partial charge in [-0.3, -0.25) is 0 Å². The zero-order valence-corrected chi connectivity index (χ0v) is 23.9. The van der Waals surface area contributed by atoms with Gasteiger partial charge < -0.3 is 23.1 Å². The van der Waals surface area contributed by atoms with Crippen molar-refractivity contribution in [3.8, 4) is 0 Å². The third-order valence-electron chi connectivity index (χ3n) is 7.64. The lowest BCUT2D eigenvalue weighted by atomic mass is 10.0. The van der Waals surface area contributed by atoms with E-state index in [1.807, 2.05) is 30.3 Å². The molecule has 2 aliphatic rings. The molecule has 0 amide bonds. The highest BCUT2D eigenvalue weighted by Crippen LogP contribution is 2.47. The smallest absolute Gasteiger partial charge is 0.338 e. The lowest BCUT2D eigenvalue weighted by molar-refractivity contribution is -0.181. The molecule has 2 saturated heterocycles. The zero-order chi connectivity index (χ0) is 24.8. The van der Waals surface area contributed by atoms with E-state index in [-0.39, 0.29) is 28.9 Å². The molecule has 2 fully saturated rings. The first-order valence-corrected chi connectivity index (χ1v) is 17.7. The maximum absolute atomic E-state index is 13.3. The van der Waals surface area contributed by atoms with Gasteiger partial charge in [0, 0.05) is 0 Å². The standard InChI is InChI=1S/C25H42O6Si2/c1-24(2,3)32(7,8)30-18-19(31-33(9,10)25(4,5)6)21-23(29-21)28-20(18)22(26)27-16-17-14-12-11-13-15-17/h11-15,18-21,23H,16H2,1-10H3. The first-order chi connectivity index (χ1) is 15.0. The highest BCUT2D eigenvalue weighted by molar-refractivity contribution is 6.74. The number of hydrogen-bond donors (Lipinski definition) is 0. The molecule has 0 bridgehead atoms. The van der Waals surface area contributed by atoms with E-state index < -0.39 is 41.1 Å². The van der Waals surface area contributed by atoms with Crippen LogP contribution in [0.2, 0.25) is 36.3 Å². The Hall–Kier alpha value is -1.04. The summed E-state index contributed by atoms with van der Waals surface area (Å²) >= 11 is 0. The van der Waals surface area contributed by atoms with Crippen LogP contribution in [0.15, 0.2) is 30.3 Å². The average molecular weight is 495 g/mol. The lowest BCUT2D eigenvalue weighted by Crippen LogP contribution is -2.61. The number of hydrogen-bond acceptors (Lipinski definition) is 6. The minimum Gasteiger partial charge on any atom is -0.459 e. The van der Waals surface area contributed by atoms with Crippen LogP contribution in [0.1, 0.15) is 47.1 Å². The van der Waals surface area contributed by atoms with Crippen LogP contribution in [0.4, 0.5) is 0 Å². The van der Waals surface area contributed by atoms with Crippen LogP contribution < -0.4 is 0 Å². The van der Waals surface area contributed by atoms with E-state index >= 15 is 0 Å². The molecular formula is C25H42O6Si2. The molecule has 2 aliphatic heterocycles. The topological polar surface area (TPSA) is 66.5 Å². The van der Waals surface area contributed by atoms with Crippen LogP contribution in [0.5, 0.6) is 0 Å². The van der Waals surface area contributed by atoms with Gasteiger partial charge in [-0.15, -0.1) is 0 Å². The molecule has 8 heteroatoms. The third-order valence-corrected chi connectivity index (χ3v) is 16.6. The van der Waals surface area contributed by atoms with Crippen LogP contribution in [0.3, 0.4) is 0 Å². The second-order valence-corrected chi connectivity index (χ2v) is 21.8. The van der Waals surface area contributed by atoms with Crippen LogP contribution in [0, 0.1) is 0 Å². The summed E-state index contributed by atoms with van der Waals surface area (Å²) in [5.74, 6) is -0.430. The van der Waals surface area contributed by atoms with Gasteiger partial charge in [-0.2, -0.15) is 0 Å². The van der Waals surface area contributed by atoms with Gasteiger partial charge >= 0.3 is 5.97 Å². The fourth-order valence-corrected chi connectivity index (χ4v) is 5.92. The average Bonchev–Trinajstić information content (AvgIpc) is 3.46. The maximum Gasteiger partial charge on any atom is 0.338 e. The molecule has 1 aromatic carbocycles. The highest BCUT2D eigenvalue weighted by Gasteiger charge is 2.63. The molecule has 3 rings (SSSR count). The Bertz CT molecular complexity index is 828. The molecular weight excluding hydrogens is 452 g/mol. The Morgan fingerprint density at radius 1 is 0.848 bits per heavy atom. The molecule has 0 aromatic heterocycles. The van der Waals surface area contributed by atoms with Crippen molar-refractivity contribution in [2.75, 3.05) is 0 Å². The third kappa shape index (κ3) is 5.97. The number of epoxide rings is 1. The minimum absolute atomic E-state index is 0.0144. The van der Waals surface area contributed by atoms with Crippen LogP contribution >= 0.6 is 0 Å². The molecule has 5 unspecified atom stereocenters. The van der Waals surface area contributed by atoms with Gasteiger partial charge in [0.1, 0.15) is 24.9 Å². The predicted molar refractivity (Wildman–Crippen MR) is 134 cm³/mol. The summed E-state index contributed by atoms with van der Waals surface area (Å²) in [4.78, 5) is 13.3. The van der Waals surface area contributed by atoms with E-state index in [1.54, 1.807) is 0 Å². The summed E-state index contributed by atoms with van der Waals surface area (Å²) in [6, 6.07) is 9.65.